The van der Waals surface area contributed by atoms with Crippen LogP contribution in [0.4, 0.5) is 8.78 Å². The van der Waals surface area contributed by atoms with Gasteiger partial charge in [-0.2, -0.15) is 11.8 Å². The minimum absolute atomic E-state index is 0.0718. The van der Waals surface area contributed by atoms with Crippen molar-refractivity contribution in [3.8, 4) is 0 Å². The topological polar surface area (TPSA) is 12.0 Å². The van der Waals surface area contributed by atoms with E-state index in [0.29, 0.717) is 5.25 Å². The number of hydrogen-bond acceptors (Lipinski definition) is 2. The summed E-state index contributed by atoms with van der Waals surface area (Å²) in [6.07, 6.45) is 0. The highest BCUT2D eigenvalue weighted by molar-refractivity contribution is 7.99. The van der Waals surface area contributed by atoms with E-state index in [0.717, 1.165) is 17.9 Å². The van der Waals surface area contributed by atoms with Gasteiger partial charge in [0.15, 0.2) is 11.6 Å². The van der Waals surface area contributed by atoms with Crippen LogP contribution in [-0.2, 0) is 0 Å². The third-order valence-corrected chi connectivity index (χ3v) is 3.59. The molecule has 0 spiro atoms. The normalized spacial score (nSPS) is 13.1. The van der Waals surface area contributed by atoms with Crippen molar-refractivity contribution in [1.29, 1.82) is 0 Å². The van der Waals surface area contributed by atoms with Crippen molar-refractivity contribution in [2.75, 3.05) is 12.3 Å². The summed E-state index contributed by atoms with van der Waals surface area (Å²) < 4.78 is 26.0. The largest absolute Gasteiger partial charge is 0.310 e. The summed E-state index contributed by atoms with van der Waals surface area (Å²) in [5.41, 5.74) is 0.805. The van der Waals surface area contributed by atoms with Crippen LogP contribution in [0.2, 0.25) is 0 Å². The molecule has 0 bridgehead atoms. The van der Waals surface area contributed by atoms with Crippen LogP contribution >= 0.6 is 11.8 Å². The molecule has 1 N–H and O–H groups in total. The molecule has 1 rings (SSSR count). The molecule has 1 aromatic carbocycles. The van der Waals surface area contributed by atoms with Crippen LogP contribution in [0.25, 0.3) is 0 Å². The van der Waals surface area contributed by atoms with Gasteiger partial charge in [0.1, 0.15) is 0 Å². The molecule has 0 radical (unpaired) electrons. The smallest absolute Gasteiger partial charge is 0.159 e. The highest BCUT2D eigenvalue weighted by atomic mass is 32.2. The van der Waals surface area contributed by atoms with Gasteiger partial charge in [0.05, 0.1) is 0 Å². The molecule has 0 aliphatic carbocycles. The fraction of sp³-hybridized carbons (Fsp3) is 0.538. The Kier molecular flexibility index (Phi) is 5.92. The molecule has 17 heavy (non-hydrogen) atoms. The van der Waals surface area contributed by atoms with Crippen molar-refractivity contribution in [2.24, 2.45) is 0 Å². The van der Waals surface area contributed by atoms with E-state index in [1.165, 1.54) is 12.1 Å². The summed E-state index contributed by atoms with van der Waals surface area (Å²) in [5.74, 6) is -0.711. The maximum absolute atomic E-state index is 13.2. The molecule has 0 heterocycles. The molecule has 0 aliphatic heterocycles. The molecule has 0 aromatic heterocycles. The van der Waals surface area contributed by atoms with Crippen molar-refractivity contribution in [3.63, 3.8) is 0 Å². The van der Waals surface area contributed by atoms with Crippen molar-refractivity contribution in [1.82, 2.24) is 5.32 Å². The molecule has 0 saturated heterocycles. The van der Waals surface area contributed by atoms with E-state index in [1.807, 2.05) is 6.92 Å². The van der Waals surface area contributed by atoms with Gasteiger partial charge < -0.3 is 5.32 Å². The Morgan fingerprint density at radius 1 is 1.24 bits per heavy atom. The predicted molar refractivity (Wildman–Crippen MR) is 70.4 cm³/mol. The van der Waals surface area contributed by atoms with Gasteiger partial charge in [0.2, 0.25) is 0 Å². The molecule has 0 saturated carbocycles. The average Bonchev–Trinajstić information content (AvgIpc) is 2.28. The molecule has 1 atom stereocenters. The number of hydrogen-bond donors (Lipinski definition) is 1. The molecule has 0 amide bonds. The van der Waals surface area contributed by atoms with Crippen molar-refractivity contribution < 1.29 is 8.78 Å². The first-order chi connectivity index (χ1) is 8.04. The van der Waals surface area contributed by atoms with E-state index >= 15 is 0 Å². The van der Waals surface area contributed by atoms with E-state index < -0.39 is 11.6 Å². The SMILES string of the molecule is CCNC(CSC(C)C)c1ccc(F)c(F)c1. The Morgan fingerprint density at radius 3 is 2.47 bits per heavy atom. The summed E-state index contributed by atoms with van der Waals surface area (Å²) in [6, 6.07) is 4.19. The lowest BCUT2D eigenvalue weighted by atomic mass is 10.1. The number of thioether (sulfide) groups is 1. The zero-order chi connectivity index (χ0) is 12.8. The van der Waals surface area contributed by atoms with E-state index in [4.69, 9.17) is 0 Å². The summed E-state index contributed by atoms with van der Waals surface area (Å²) in [6.45, 7) is 7.06. The minimum atomic E-state index is -0.791. The van der Waals surface area contributed by atoms with Crippen LogP contribution in [0.15, 0.2) is 18.2 Å². The van der Waals surface area contributed by atoms with Gasteiger partial charge in [0, 0.05) is 11.8 Å². The van der Waals surface area contributed by atoms with Crippen molar-refractivity contribution >= 4 is 11.8 Å². The average molecular weight is 259 g/mol. The lowest BCUT2D eigenvalue weighted by Crippen LogP contribution is -2.23. The van der Waals surface area contributed by atoms with Crippen LogP contribution in [0.1, 0.15) is 32.4 Å². The highest BCUT2D eigenvalue weighted by Crippen LogP contribution is 2.22. The van der Waals surface area contributed by atoms with E-state index in [1.54, 1.807) is 17.8 Å². The fourth-order valence-corrected chi connectivity index (χ4v) is 2.42. The van der Waals surface area contributed by atoms with Gasteiger partial charge in [-0.3, -0.25) is 0 Å². The number of rotatable bonds is 6. The monoisotopic (exact) mass is 259 g/mol. The van der Waals surface area contributed by atoms with Crippen molar-refractivity contribution in [2.45, 2.75) is 32.1 Å². The summed E-state index contributed by atoms with van der Waals surface area (Å²) in [7, 11) is 0. The quantitative estimate of drug-likeness (QED) is 0.835. The lowest BCUT2D eigenvalue weighted by Gasteiger charge is -2.19. The lowest BCUT2D eigenvalue weighted by molar-refractivity contribution is 0.502. The van der Waals surface area contributed by atoms with E-state index in [9.17, 15) is 8.78 Å². The zero-order valence-electron chi connectivity index (χ0n) is 10.5. The molecule has 0 aliphatic rings. The third-order valence-electron chi connectivity index (χ3n) is 2.39. The van der Waals surface area contributed by atoms with Crippen LogP contribution in [0, 0.1) is 11.6 Å². The first-order valence-electron chi connectivity index (χ1n) is 5.84. The Balaban J connectivity index is 2.77. The Morgan fingerprint density at radius 2 is 1.94 bits per heavy atom. The number of benzene rings is 1. The maximum Gasteiger partial charge on any atom is 0.159 e. The van der Waals surface area contributed by atoms with Gasteiger partial charge in [0.25, 0.3) is 0 Å². The standard InChI is InChI=1S/C13H19F2NS/c1-4-16-13(8-17-9(2)3)10-5-6-11(14)12(15)7-10/h5-7,9,13,16H,4,8H2,1-3H3. The van der Waals surface area contributed by atoms with Crippen molar-refractivity contribution in [3.05, 3.63) is 35.4 Å². The zero-order valence-corrected chi connectivity index (χ0v) is 11.3. The summed E-state index contributed by atoms with van der Waals surface area (Å²) in [5, 5.41) is 3.82. The molecular weight excluding hydrogens is 240 g/mol. The van der Waals surface area contributed by atoms with E-state index in [-0.39, 0.29) is 6.04 Å². The predicted octanol–water partition coefficient (Wildman–Crippen LogP) is 3.76. The van der Waals surface area contributed by atoms with Crippen LogP contribution in [0.3, 0.4) is 0 Å². The fourth-order valence-electron chi connectivity index (χ4n) is 1.54. The van der Waals surface area contributed by atoms with Gasteiger partial charge in [-0.25, -0.2) is 8.78 Å². The molecule has 4 heteroatoms. The van der Waals surface area contributed by atoms with Crippen LogP contribution in [-0.4, -0.2) is 17.5 Å². The van der Waals surface area contributed by atoms with Crippen LogP contribution < -0.4 is 5.32 Å². The van der Waals surface area contributed by atoms with E-state index in [2.05, 4.69) is 19.2 Å². The molecule has 1 nitrogen and oxygen atoms in total. The van der Waals surface area contributed by atoms with Gasteiger partial charge >= 0.3 is 0 Å². The Labute approximate surface area is 106 Å². The summed E-state index contributed by atoms with van der Waals surface area (Å²) >= 11 is 1.81. The molecule has 1 aromatic rings. The highest BCUT2D eigenvalue weighted by Gasteiger charge is 2.13. The first kappa shape index (κ1) is 14.5. The Hall–Kier alpha value is -0.610. The maximum atomic E-state index is 13.2. The summed E-state index contributed by atoms with van der Waals surface area (Å²) in [4.78, 5) is 0. The molecule has 1 unspecified atom stereocenters. The molecular formula is C13H19F2NS. The van der Waals surface area contributed by atoms with Gasteiger partial charge in [-0.15, -0.1) is 0 Å². The second-order valence-electron chi connectivity index (χ2n) is 4.17. The Bertz CT molecular complexity index is 355. The second kappa shape index (κ2) is 6.97. The molecule has 96 valence electrons. The number of halogens is 2. The first-order valence-corrected chi connectivity index (χ1v) is 6.89. The minimum Gasteiger partial charge on any atom is -0.310 e. The third kappa shape index (κ3) is 4.64. The van der Waals surface area contributed by atoms with Crippen LogP contribution in [0.5, 0.6) is 0 Å². The van der Waals surface area contributed by atoms with Gasteiger partial charge in [-0.1, -0.05) is 26.8 Å². The number of nitrogens with one attached hydrogen (secondary N) is 1. The molecule has 0 fully saturated rings. The second-order valence-corrected chi connectivity index (χ2v) is 5.78. The van der Waals surface area contributed by atoms with Gasteiger partial charge in [-0.05, 0) is 29.5 Å².